The summed E-state index contributed by atoms with van der Waals surface area (Å²) in [5.41, 5.74) is 7.33. The van der Waals surface area contributed by atoms with Gasteiger partial charge in [-0.25, -0.2) is 4.39 Å². The Morgan fingerprint density at radius 1 is 0.717 bits per heavy atom. The molecule has 5 aromatic carbocycles. The number of nitrogens with zero attached hydrogens (tertiary/aromatic N) is 3. The van der Waals surface area contributed by atoms with Crippen molar-refractivity contribution in [2.45, 2.75) is 59.2 Å². The first kappa shape index (κ1) is 37.9. The predicted molar refractivity (Wildman–Crippen MR) is 212 cm³/mol. The van der Waals surface area contributed by atoms with Crippen LogP contribution < -0.4 is 14.7 Å². The molecule has 0 atom stereocenters. The average molecular weight is 896 g/mol. The summed E-state index contributed by atoms with van der Waals surface area (Å²) in [6.45, 7) is 15.4. The van der Waals surface area contributed by atoms with Crippen molar-refractivity contribution in [2.75, 3.05) is 0 Å². The van der Waals surface area contributed by atoms with Crippen molar-refractivity contribution < 1.29 is 34.0 Å². The van der Waals surface area contributed by atoms with Gasteiger partial charge in [0.05, 0.1) is 36.4 Å². The van der Waals surface area contributed by atoms with Crippen LogP contribution in [0.2, 0.25) is 19.6 Å². The predicted octanol–water partition coefficient (Wildman–Crippen LogP) is 11.9. The van der Waals surface area contributed by atoms with E-state index in [0.29, 0.717) is 34.4 Å². The van der Waals surface area contributed by atoms with Gasteiger partial charge in [-0.15, -0.1) is 48.0 Å². The molecule has 0 fully saturated rings. The van der Waals surface area contributed by atoms with E-state index in [1.54, 1.807) is 12.1 Å². The van der Waals surface area contributed by atoms with Crippen LogP contribution in [-0.2, 0) is 20.1 Å². The molecule has 0 amide bonds. The third-order valence-corrected chi connectivity index (χ3v) is 11.2. The minimum absolute atomic E-state index is 0. The first-order valence-electron chi connectivity index (χ1n) is 17.7. The Labute approximate surface area is 326 Å². The summed E-state index contributed by atoms with van der Waals surface area (Å²) >= 11 is 0. The molecule has 1 radical (unpaired) electrons. The van der Waals surface area contributed by atoms with Crippen molar-refractivity contribution in [1.82, 2.24) is 14.5 Å². The molecule has 0 bridgehead atoms. The van der Waals surface area contributed by atoms with Gasteiger partial charge in [-0.05, 0) is 70.2 Å². The molecule has 8 heteroatoms. The minimum atomic E-state index is -1.23. The number of hydrogen-bond donors (Lipinski definition) is 0. The van der Waals surface area contributed by atoms with Crippen LogP contribution >= 0.6 is 0 Å². The van der Waals surface area contributed by atoms with Crippen molar-refractivity contribution in [3.8, 4) is 51.3 Å². The Kier molecular flexibility index (Phi) is 11.2. The van der Waals surface area contributed by atoms with Crippen LogP contribution in [0.1, 0.15) is 50.7 Å². The standard InChI is InChI=1S/C31H26FN2O2.C14H16NSi.Ir/c1-18(2)22-16-20(32)17-23(19(3)4)29(22)34-25-12-6-5-11-24(25)33-31(34)21-10-9-15-28-30(21)36-27-14-8-7-13-26(27)35-28;1-16(2,3)13-9-10-14(15-11-13)12-7-5-4-6-8-12;/h5-9,11-19H,1-4H3;4-7,9-11H,1-3H3;/q2*-1;. The number of imidazole rings is 1. The number of para-hydroxylation sites is 4. The third-order valence-electron chi connectivity index (χ3n) is 9.19. The SMILES string of the molecule is CC(C)c1cc(F)cc(C(C)C)c1-n1c(-c2[c-]ccc3c2Oc2ccccc2O3)nc2ccccc21.C[Si](C)(C)c1ccc(-c2[c-]cccc2)nc1.[Ir]. The van der Waals surface area contributed by atoms with Gasteiger partial charge in [0.1, 0.15) is 5.82 Å². The fourth-order valence-corrected chi connectivity index (χ4v) is 7.45. The second-order valence-electron chi connectivity index (χ2n) is 14.7. The van der Waals surface area contributed by atoms with E-state index in [1.807, 2.05) is 91.1 Å². The van der Waals surface area contributed by atoms with Gasteiger partial charge in [0.25, 0.3) is 0 Å². The Morgan fingerprint density at radius 2 is 1.38 bits per heavy atom. The zero-order valence-corrected chi connectivity index (χ0v) is 34.4. The number of ether oxygens (including phenoxy) is 2. The fourth-order valence-electron chi connectivity index (χ4n) is 6.41. The van der Waals surface area contributed by atoms with Gasteiger partial charge >= 0.3 is 0 Å². The van der Waals surface area contributed by atoms with E-state index in [2.05, 4.69) is 81.2 Å². The van der Waals surface area contributed by atoms with Gasteiger partial charge in [0, 0.05) is 32.0 Å². The molecule has 0 aliphatic carbocycles. The molecule has 7 aromatic rings. The normalized spacial score (nSPS) is 11.9. The largest absolute Gasteiger partial charge is 0.494 e. The van der Waals surface area contributed by atoms with Gasteiger partial charge < -0.3 is 19.0 Å². The summed E-state index contributed by atoms with van der Waals surface area (Å²) in [4.78, 5) is 9.57. The van der Waals surface area contributed by atoms with Gasteiger partial charge in [-0.2, -0.15) is 0 Å². The van der Waals surface area contributed by atoms with Crippen molar-refractivity contribution in [3.05, 3.63) is 144 Å². The van der Waals surface area contributed by atoms with Crippen LogP contribution in [0.5, 0.6) is 23.0 Å². The maximum Gasteiger partial charge on any atom is 0.166 e. The number of rotatable bonds is 6. The first-order chi connectivity index (χ1) is 25.0. The Hall–Kier alpha value is -4.88. The maximum absolute atomic E-state index is 14.8. The van der Waals surface area contributed by atoms with Gasteiger partial charge in [0.2, 0.25) is 0 Å². The molecule has 53 heavy (non-hydrogen) atoms. The molecule has 271 valence electrons. The van der Waals surface area contributed by atoms with Crippen molar-refractivity contribution in [1.29, 1.82) is 0 Å². The Bertz CT molecular complexity index is 2340. The van der Waals surface area contributed by atoms with E-state index < -0.39 is 8.07 Å². The van der Waals surface area contributed by atoms with E-state index in [4.69, 9.17) is 14.5 Å². The van der Waals surface area contributed by atoms with Gasteiger partial charge in [-0.3, -0.25) is 4.98 Å². The fraction of sp³-hybridized carbons (Fsp3) is 0.200. The molecule has 0 saturated heterocycles. The summed E-state index contributed by atoms with van der Waals surface area (Å²) in [6, 6.07) is 41.4. The molecule has 3 heterocycles. The third kappa shape index (κ3) is 7.77. The van der Waals surface area contributed by atoms with Crippen molar-refractivity contribution in [2.24, 2.45) is 0 Å². The molecule has 0 unspecified atom stereocenters. The van der Waals surface area contributed by atoms with Crippen LogP contribution in [0.3, 0.4) is 0 Å². The monoisotopic (exact) mass is 896 g/mol. The van der Waals surface area contributed by atoms with E-state index in [-0.39, 0.29) is 37.8 Å². The first-order valence-corrected chi connectivity index (χ1v) is 21.2. The maximum atomic E-state index is 14.8. The van der Waals surface area contributed by atoms with Crippen molar-refractivity contribution >= 4 is 24.3 Å². The second-order valence-corrected chi connectivity index (χ2v) is 19.7. The molecule has 0 N–H and O–H groups in total. The van der Waals surface area contributed by atoms with E-state index in [0.717, 1.165) is 39.1 Å². The van der Waals surface area contributed by atoms with E-state index in [1.165, 1.54) is 5.19 Å². The molecule has 5 nitrogen and oxygen atoms in total. The molecular formula is C45H42FIrN3O2Si-2. The van der Waals surface area contributed by atoms with Crippen LogP contribution in [0.25, 0.3) is 39.4 Å². The van der Waals surface area contributed by atoms with Gasteiger partial charge in [-0.1, -0.05) is 95.4 Å². The number of aromatic nitrogens is 3. The summed E-state index contributed by atoms with van der Waals surface area (Å²) < 4.78 is 29.5. The Balaban J connectivity index is 0.000000238. The summed E-state index contributed by atoms with van der Waals surface area (Å²) in [6.07, 6.45) is 2.02. The number of fused-ring (bicyclic) bond motifs is 3. The number of halogens is 1. The molecule has 1 aliphatic heterocycles. The molecule has 8 rings (SSSR count). The van der Waals surface area contributed by atoms with Crippen LogP contribution in [-0.4, -0.2) is 22.6 Å². The topological polar surface area (TPSA) is 49.2 Å². The zero-order chi connectivity index (χ0) is 36.6. The van der Waals surface area contributed by atoms with Crippen LogP contribution in [0, 0.1) is 17.9 Å². The quantitative estimate of drug-likeness (QED) is 0.123. The average Bonchev–Trinajstić information content (AvgIpc) is 3.52. The second kappa shape index (κ2) is 15.6. The zero-order valence-electron chi connectivity index (χ0n) is 31.0. The number of hydrogen-bond acceptors (Lipinski definition) is 4. The number of pyridine rings is 1. The number of benzene rings is 5. The molecule has 0 spiro atoms. The van der Waals surface area contributed by atoms with Crippen molar-refractivity contribution in [3.63, 3.8) is 0 Å². The summed E-state index contributed by atoms with van der Waals surface area (Å²) in [7, 11) is -1.23. The minimum Gasteiger partial charge on any atom is -0.494 e. The van der Waals surface area contributed by atoms with E-state index >= 15 is 0 Å². The van der Waals surface area contributed by atoms with Gasteiger partial charge in [0.15, 0.2) is 11.5 Å². The van der Waals surface area contributed by atoms with Crippen LogP contribution in [0.15, 0.2) is 115 Å². The summed E-state index contributed by atoms with van der Waals surface area (Å²) in [5.74, 6) is 3.12. The molecule has 0 saturated carbocycles. The van der Waals surface area contributed by atoms with Crippen LogP contribution in [0.4, 0.5) is 4.39 Å². The molecule has 2 aromatic heterocycles. The molecule has 1 aliphatic rings. The molecular weight excluding hydrogens is 854 g/mol. The van der Waals surface area contributed by atoms with E-state index in [9.17, 15) is 4.39 Å². The Morgan fingerprint density at radius 3 is 2.00 bits per heavy atom. The smallest absolute Gasteiger partial charge is 0.166 e. The summed E-state index contributed by atoms with van der Waals surface area (Å²) in [5, 5.41) is 1.40.